The normalized spacial score (nSPS) is 16.2. The van der Waals surface area contributed by atoms with E-state index in [0.717, 1.165) is 61.3 Å². The minimum absolute atomic E-state index is 0.0114. The molecule has 0 spiro atoms. The Morgan fingerprint density at radius 1 is 1.07 bits per heavy atom. The van der Waals surface area contributed by atoms with Crippen molar-refractivity contribution in [2.75, 3.05) is 43.2 Å². The highest BCUT2D eigenvalue weighted by atomic mass is 16.5. The predicted molar refractivity (Wildman–Crippen MR) is 175 cm³/mol. The number of piperidine rings is 1. The molecule has 1 N–H and O–H groups in total. The molecule has 1 unspecified atom stereocenters. The number of carbonyl (C=O) groups is 2. The molecule has 3 heterocycles. The first-order valence-corrected chi connectivity index (χ1v) is 16.0. The Bertz CT molecular complexity index is 1490. The Balaban J connectivity index is 1.28. The molecule has 1 aromatic carbocycles. The number of aromatic nitrogens is 2. The Hall–Kier alpha value is -4.14. The number of hydrogen-bond donors (Lipinski definition) is 1. The van der Waals surface area contributed by atoms with E-state index in [1.165, 1.54) is 0 Å². The highest BCUT2D eigenvalue weighted by molar-refractivity contribution is 6.10. The number of pyridine rings is 2. The van der Waals surface area contributed by atoms with Gasteiger partial charge in [-0.3, -0.25) is 14.6 Å². The molecular weight excluding hydrogens is 568 g/mol. The van der Waals surface area contributed by atoms with Crippen molar-refractivity contribution in [3.63, 3.8) is 0 Å². The molecule has 240 valence electrons. The maximum absolute atomic E-state index is 14.3. The number of carboxylic acid groups (broad SMARTS) is 1. The zero-order valence-electron chi connectivity index (χ0n) is 27.2. The maximum Gasteiger partial charge on any atom is 0.303 e. The van der Waals surface area contributed by atoms with Gasteiger partial charge in [0.05, 0.1) is 43.3 Å². The van der Waals surface area contributed by atoms with Crippen LogP contribution in [0.3, 0.4) is 0 Å². The SMILES string of the molecule is COc1ccc(C(=O)N(CC(C)(C)C)c2cncc(C)c2)c(N2CCC(COc3cc(C(CC(=O)O)C4CC4)ccn3)CC2)c1. The van der Waals surface area contributed by atoms with Crippen LogP contribution in [0.2, 0.25) is 0 Å². The topological polar surface area (TPSA) is 105 Å². The third kappa shape index (κ3) is 8.53. The first-order valence-electron chi connectivity index (χ1n) is 16.0. The van der Waals surface area contributed by atoms with Crippen LogP contribution in [0.4, 0.5) is 11.4 Å². The number of aliphatic carboxylic acids is 1. The van der Waals surface area contributed by atoms with Crippen LogP contribution in [0.25, 0.3) is 0 Å². The van der Waals surface area contributed by atoms with Gasteiger partial charge in [-0.2, -0.15) is 0 Å². The molecule has 1 amide bonds. The smallest absolute Gasteiger partial charge is 0.303 e. The van der Waals surface area contributed by atoms with E-state index in [-0.39, 0.29) is 23.7 Å². The third-order valence-corrected chi connectivity index (χ3v) is 8.68. The van der Waals surface area contributed by atoms with Crippen molar-refractivity contribution in [3.05, 3.63) is 71.7 Å². The minimum Gasteiger partial charge on any atom is -0.497 e. The molecule has 1 atom stereocenters. The second-order valence-electron chi connectivity index (χ2n) is 13.8. The van der Waals surface area contributed by atoms with Crippen molar-refractivity contribution in [2.24, 2.45) is 17.3 Å². The summed E-state index contributed by atoms with van der Waals surface area (Å²) in [6.45, 7) is 11.0. The van der Waals surface area contributed by atoms with Crippen LogP contribution in [-0.4, -0.2) is 60.3 Å². The Morgan fingerprint density at radius 2 is 1.82 bits per heavy atom. The number of benzene rings is 1. The summed E-state index contributed by atoms with van der Waals surface area (Å²) >= 11 is 0. The van der Waals surface area contributed by atoms with Gasteiger partial charge in [0.25, 0.3) is 5.91 Å². The standard InChI is InChI=1S/C36H46N4O5/c1-24-16-28(21-37-20-24)40(23-36(2,3)4)35(43)30-9-8-29(44-5)18-32(30)39-14-11-25(12-15-39)22-45-33-17-27(10-13-38-33)31(19-34(41)42)26-6-7-26/h8-10,13,16-18,20-21,25-26,31H,6-7,11-12,14-15,19,22-23H2,1-5H3,(H,41,42). The first-order chi connectivity index (χ1) is 21.5. The average Bonchev–Trinajstić information content (AvgIpc) is 3.86. The third-order valence-electron chi connectivity index (χ3n) is 8.68. The molecule has 1 saturated carbocycles. The van der Waals surface area contributed by atoms with Gasteiger partial charge in [0, 0.05) is 44.2 Å². The summed E-state index contributed by atoms with van der Waals surface area (Å²) in [4.78, 5) is 38.6. The van der Waals surface area contributed by atoms with Gasteiger partial charge in [-0.25, -0.2) is 4.98 Å². The van der Waals surface area contributed by atoms with Crippen LogP contribution >= 0.6 is 0 Å². The van der Waals surface area contributed by atoms with E-state index in [9.17, 15) is 14.7 Å². The molecule has 0 bridgehead atoms. The molecule has 2 fully saturated rings. The highest BCUT2D eigenvalue weighted by Crippen LogP contribution is 2.45. The van der Waals surface area contributed by atoms with Gasteiger partial charge in [0.15, 0.2) is 0 Å². The Kier molecular flexibility index (Phi) is 9.95. The van der Waals surface area contributed by atoms with Crippen molar-refractivity contribution < 1.29 is 24.2 Å². The molecule has 1 saturated heterocycles. The monoisotopic (exact) mass is 614 g/mol. The lowest BCUT2D eigenvalue weighted by molar-refractivity contribution is -0.137. The molecule has 1 aliphatic carbocycles. The second kappa shape index (κ2) is 13.9. The number of methoxy groups -OCH3 is 1. The van der Waals surface area contributed by atoms with Gasteiger partial charge in [-0.15, -0.1) is 0 Å². The van der Waals surface area contributed by atoms with Crippen molar-refractivity contribution in [2.45, 2.75) is 65.7 Å². The molecule has 9 nitrogen and oxygen atoms in total. The Morgan fingerprint density at radius 3 is 2.47 bits per heavy atom. The zero-order valence-corrected chi connectivity index (χ0v) is 27.2. The molecule has 2 aromatic heterocycles. The van der Waals surface area contributed by atoms with Gasteiger partial charge in [0.1, 0.15) is 5.75 Å². The lowest BCUT2D eigenvalue weighted by atomic mass is 9.92. The van der Waals surface area contributed by atoms with Crippen LogP contribution in [-0.2, 0) is 4.79 Å². The van der Waals surface area contributed by atoms with E-state index >= 15 is 0 Å². The van der Waals surface area contributed by atoms with Gasteiger partial charge >= 0.3 is 5.97 Å². The van der Waals surface area contributed by atoms with Crippen LogP contribution in [0, 0.1) is 24.2 Å². The summed E-state index contributed by atoms with van der Waals surface area (Å²) in [6.07, 6.45) is 9.38. The van der Waals surface area contributed by atoms with E-state index in [1.54, 1.807) is 25.7 Å². The minimum atomic E-state index is -0.770. The molecule has 45 heavy (non-hydrogen) atoms. The van der Waals surface area contributed by atoms with Crippen molar-refractivity contribution in [1.82, 2.24) is 9.97 Å². The lowest BCUT2D eigenvalue weighted by Gasteiger charge is -2.36. The van der Waals surface area contributed by atoms with Gasteiger partial charge in [0.2, 0.25) is 5.88 Å². The van der Waals surface area contributed by atoms with Crippen molar-refractivity contribution >= 4 is 23.3 Å². The maximum atomic E-state index is 14.3. The fourth-order valence-corrected chi connectivity index (χ4v) is 6.19. The van der Waals surface area contributed by atoms with Crippen LogP contribution in [0.1, 0.15) is 80.3 Å². The first kappa shape index (κ1) is 32.3. The van der Waals surface area contributed by atoms with Gasteiger partial charge in [-0.05, 0) is 91.2 Å². The molecule has 2 aliphatic rings. The fourth-order valence-electron chi connectivity index (χ4n) is 6.19. The van der Waals surface area contributed by atoms with Gasteiger partial charge in [-0.1, -0.05) is 20.8 Å². The quantitative estimate of drug-likeness (QED) is 0.239. The number of carbonyl (C=O) groups excluding carboxylic acids is 1. The van der Waals surface area contributed by atoms with Crippen LogP contribution < -0.4 is 19.3 Å². The largest absolute Gasteiger partial charge is 0.497 e. The summed E-state index contributed by atoms with van der Waals surface area (Å²) in [5.74, 6) is 1.22. The number of hydrogen-bond acceptors (Lipinski definition) is 7. The number of nitrogens with zero attached hydrogens (tertiary/aromatic N) is 4. The van der Waals surface area contributed by atoms with Crippen molar-refractivity contribution in [3.8, 4) is 11.6 Å². The molecule has 1 aliphatic heterocycles. The van der Waals surface area contributed by atoms with Crippen LogP contribution in [0.5, 0.6) is 11.6 Å². The number of amides is 1. The number of aryl methyl sites for hydroxylation is 1. The van der Waals surface area contributed by atoms with E-state index in [1.807, 2.05) is 48.2 Å². The number of anilines is 2. The summed E-state index contributed by atoms with van der Waals surface area (Å²) < 4.78 is 11.7. The number of carboxylic acids is 1. The molecule has 5 rings (SSSR count). The molecule has 0 radical (unpaired) electrons. The molecule has 3 aromatic rings. The van der Waals surface area contributed by atoms with Crippen molar-refractivity contribution in [1.29, 1.82) is 0 Å². The lowest BCUT2D eigenvalue weighted by Crippen LogP contribution is -2.40. The van der Waals surface area contributed by atoms with E-state index in [2.05, 4.69) is 35.6 Å². The molecular formula is C36H46N4O5. The summed E-state index contributed by atoms with van der Waals surface area (Å²) in [5.41, 5.74) is 4.19. The fraction of sp³-hybridized carbons (Fsp3) is 0.500. The van der Waals surface area contributed by atoms with E-state index in [0.29, 0.717) is 42.2 Å². The van der Waals surface area contributed by atoms with Gasteiger partial charge < -0.3 is 24.4 Å². The molecule has 9 heteroatoms. The van der Waals surface area contributed by atoms with Crippen LogP contribution in [0.15, 0.2) is 55.0 Å². The number of ether oxygens (including phenoxy) is 2. The number of rotatable bonds is 12. The predicted octanol–water partition coefficient (Wildman–Crippen LogP) is 6.75. The van der Waals surface area contributed by atoms with E-state index < -0.39 is 5.97 Å². The summed E-state index contributed by atoms with van der Waals surface area (Å²) in [7, 11) is 1.64. The highest BCUT2D eigenvalue weighted by Gasteiger charge is 2.34. The zero-order chi connectivity index (χ0) is 32.1. The average molecular weight is 615 g/mol. The summed E-state index contributed by atoms with van der Waals surface area (Å²) in [6, 6.07) is 11.5. The summed E-state index contributed by atoms with van der Waals surface area (Å²) in [5, 5.41) is 9.40. The Labute approximate surface area is 266 Å². The second-order valence-corrected chi connectivity index (χ2v) is 13.8. The van der Waals surface area contributed by atoms with E-state index in [4.69, 9.17) is 9.47 Å².